The van der Waals surface area contributed by atoms with Gasteiger partial charge in [-0.05, 0) is 73.8 Å². The van der Waals surface area contributed by atoms with E-state index in [0.717, 1.165) is 42.6 Å². The van der Waals surface area contributed by atoms with Crippen molar-refractivity contribution in [2.24, 2.45) is 5.92 Å². The Hall–Kier alpha value is -2.08. The molecular weight excluding hydrogens is 374 g/mol. The van der Waals surface area contributed by atoms with Gasteiger partial charge in [0.05, 0.1) is 10.6 Å². The van der Waals surface area contributed by atoms with Crippen molar-refractivity contribution in [2.75, 3.05) is 5.75 Å². The first-order chi connectivity index (χ1) is 13.2. The van der Waals surface area contributed by atoms with Crippen molar-refractivity contribution in [3.8, 4) is 0 Å². The molecule has 1 heterocycles. The maximum atomic E-state index is 12.4. The number of hydrogen-bond donors (Lipinski definition) is 1. The molecule has 0 bridgehead atoms. The lowest BCUT2D eigenvalue weighted by Crippen LogP contribution is -2.15. The Balaban J connectivity index is 1.90. The van der Waals surface area contributed by atoms with Crippen LogP contribution >= 0.6 is 0 Å². The average Bonchev–Trinajstić information content (AvgIpc) is 2.87. The Morgan fingerprint density at radius 3 is 2.39 bits per heavy atom. The quantitative estimate of drug-likeness (QED) is 0.763. The van der Waals surface area contributed by atoms with Gasteiger partial charge in [0.2, 0.25) is 0 Å². The summed E-state index contributed by atoms with van der Waals surface area (Å²) in [6.45, 7) is 5.80. The highest BCUT2D eigenvalue weighted by Gasteiger charge is 2.24. The van der Waals surface area contributed by atoms with E-state index in [1.807, 2.05) is 37.5 Å². The molecule has 0 amide bonds. The molecule has 0 radical (unpaired) electrons. The monoisotopic (exact) mass is 403 g/mol. The lowest BCUT2D eigenvalue weighted by molar-refractivity contribution is -0.137. The van der Waals surface area contributed by atoms with Crippen LogP contribution in [0.4, 0.5) is 0 Å². The number of sulfone groups is 1. The summed E-state index contributed by atoms with van der Waals surface area (Å²) in [6, 6.07) is 7.17. The van der Waals surface area contributed by atoms with Gasteiger partial charge in [0.1, 0.15) is 6.54 Å². The SMILES string of the molecule is Cc1c(Cc2ccc(S(=O)(=O)CC(C)C)cc2)c2c(n1CC(=O)O)CCCC2. The van der Waals surface area contributed by atoms with Crippen molar-refractivity contribution in [2.45, 2.75) is 64.3 Å². The van der Waals surface area contributed by atoms with Crippen LogP contribution in [0.25, 0.3) is 0 Å². The number of aliphatic carboxylic acids is 1. The zero-order chi connectivity index (χ0) is 20.5. The third-order valence-corrected chi connectivity index (χ3v) is 7.58. The van der Waals surface area contributed by atoms with Gasteiger partial charge in [0.25, 0.3) is 0 Å². The van der Waals surface area contributed by atoms with Gasteiger partial charge >= 0.3 is 5.97 Å². The molecule has 1 aliphatic carbocycles. The first-order valence-electron chi connectivity index (χ1n) is 9.92. The molecule has 0 aliphatic heterocycles. The van der Waals surface area contributed by atoms with Gasteiger partial charge in [-0.3, -0.25) is 4.79 Å². The summed E-state index contributed by atoms with van der Waals surface area (Å²) in [6.07, 6.45) is 4.83. The Labute approximate surface area is 167 Å². The molecule has 1 aromatic heterocycles. The topological polar surface area (TPSA) is 76.4 Å². The Morgan fingerprint density at radius 2 is 1.79 bits per heavy atom. The van der Waals surface area contributed by atoms with Gasteiger partial charge in [0.15, 0.2) is 9.84 Å². The van der Waals surface area contributed by atoms with Crippen LogP contribution in [0, 0.1) is 12.8 Å². The lowest BCUT2D eigenvalue weighted by atomic mass is 9.92. The fraction of sp³-hybridized carbons (Fsp3) is 0.500. The summed E-state index contributed by atoms with van der Waals surface area (Å²) in [4.78, 5) is 11.7. The number of carboxylic acid groups (broad SMARTS) is 1. The molecule has 28 heavy (non-hydrogen) atoms. The van der Waals surface area contributed by atoms with Gasteiger partial charge in [-0.1, -0.05) is 26.0 Å². The molecule has 6 heteroatoms. The molecule has 0 unspecified atom stereocenters. The van der Waals surface area contributed by atoms with Gasteiger partial charge in [-0.2, -0.15) is 0 Å². The van der Waals surface area contributed by atoms with Crippen LogP contribution < -0.4 is 0 Å². The van der Waals surface area contributed by atoms with E-state index < -0.39 is 15.8 Å². The highest BCUT2D eigenvalue weighted by atomic mass is 32.2. The fourth-order valence-corrected chi connectivity index (χ4v) is 5.85. The van der Waals surface area contributed by atoms with Crippen LogP contribution in [-0.2, 0) is 40.4 Å². The molecule has 0 saturated carbocycles. The predicted molar refractivity (Wildman–Crippen MR) is 110 cm³/mol. The molecular formula is C22H29NO4S. The van der Waals surface area contributed by atoms with Crippen LogP contribution in [-0.4, -0.2) is 29.8 Å². The number of fused-ring (bicyclic) bond motifs is 1. The van der Waals surface area contributed by atoms with Crippen molar-refractivity contribution in [3.05, 3.63) is 52.3 Å². The van der Waals surface area contributed by atoms with Crippen LogP contribution in [0.5, 0.6) is 0 Å². The first kappa shape index (κ1) is 20.6. The molecule has 152 valence electrons. The third kappa shape index (κ3) is 4.32. The maximum absolute atomic E-state index is 12.4. The van der Waals surface area contributed by atoms with E-state index in [1.165, 1.54) is 11.1 Å². The normalized spacial score (nSPS) is 14.3. The second-order valence-electron chi connectivity index (χ2n) is 8.17. The molecule has 1 aromatic carbocycles. The summed E-state index contributed by atoms with van der Waals surface area (Å²) < 4.78 is 26.8. The van der Waals surface area contributed by atoms with Crippen LogP contribution in [0.15, 0.2) is 29.2 Å². The molecule has 2 aromatic rings. The minimum absolute atomic E-state index is 0.000546. The minimum atomic E-state index is -3.25. The van der Waals surface area contributed by atoms with E-state index in [0.29, 0.717) is 11.3 Å². The van der Waals surface area contributed by atoms with E-state index in [4.69, 9.17) is 0 Å². The number of carboxylic acids is 1. The highest BCUT2D eigenvalue weighted by Crippen LogP contribution is 2.31. The second-order valence-corrected chi connectivity index (χ2v) is 10.2. The summed E-state index contributed by atoms with van der Waals surface area (Å²) >= 11 is 0. The van der Waals surface area contributed by atoms with Gasteiger partial charge in [-0.25, -0.2) is 8.42 Å². The first-order valence-corrected chi connectivity index (χ1v) is 11.6. The number of aromatic nitrogens is 1. The van der Waals surface area contributed by atoms with Gasteiger partial charge < -0.3 is 9.67 Å². The third-order valence-electron chi connectivity index (χ3n) is 5.48. The molecule has 1 N–H and O–H groups in total. The zero-order valence-electron chi connectivity index (χ0n) is 16.9. The molecule has 0 saturated heterocycles. The molecule has 3 rings (SSSR count). The van der Waals surface area contributed by atoms with Crippen molar-refractivity contribution in [3.63, 3.8) is 0 Å². The second kappa shape index (κ2) is 8.11. The van der Waals surface area contributed by atoms with Crippen molar-refractivity contribution in [1.29, 1.82) is 0 Å². The van der Waals surface area contributed by atoms with Crippen LogP contribution in [0.3, 0.4) is 0 Å². The number of rotatable bonds is 7. The van der Waals surface area contributed by atoms with Gasteiger partial charge in [-0.15, -0.1) is 0 Å². The molecule has 5 nitrogen and oxygen atoms in total. The molecule has 1 aliphatic rings. The molecule has 0 atom stereocenters. The summed E-state index contributed by atoms with van der Waals surface area (Å²) in [5.74, 6) is -0.581. The Bertz CT molecular complexity index is 969. The van der Waals surface area contributed by atoms with Gasteiger partial charge in [0, 0.05) is 11.4 Å². The van der Waals surface area contributed by atoms with Crippen molar-refractivity contribution in [1.82, 2.24) is 4.57 Å². The molecule has 0 fully saturated rings. The maximum Gasteiger partial charge on any atom is 0.323 e. The largest absolute Gasteiger partial charge is 0.480 e. The van der Waals surface area contributed by atoms with E-state index >= 15 is 0 Å². The van der Waals surface area contributed by atoms with E-state index in [9.17, 15) is 18.3 Å². The van der Waals surface area contributed by atoms with E-state index in [-0.39, 0.29) is 18.2 Å². The number of nitrogens with zero attached hydrogens (tertiary/aromatic N) is 1. The predicted octanol–water partition coefficient (Wildman–Crippen LogP) is 3.78. The highest BCUT2D eigenvalue weighted by molar-refractivity contribution is 7.91. The molecule has 0 spiro atoms. The summed E-state index contributed by atoms with van der Waals surface area (Å²) in [5, 5.41) is 9.28. The summed E-state index contributed by atoms with van der Waals surface area (Å²) in [5.41, 5.74) is 5.73. The van der Waals surface area contributed by atoms with Crippen LogP contribution in [0.2, 0.25) is 0 Å². The Kier molecular flexibility index (Phi) is 5.98. The average molecular weight is 404 g/mol. The number of carbonyl (C=O) groups is 1. The lowest BCUT2D eigenvalue weighted by Gasteiger charge is -2.15. The zero-order valence-corrected chi connectivity index (χ0v) is 17.7. The van der Waals surface area contributed by atoms with E-state index in [2.05, 4.69) is 0 Å². The van der Waals surface area contributed by atoms with Crippen LogP contribution in [0.1, 0.15) is 54.8 Å². The fourth-order valence-electron chi connectivity index (χ4n) is 4.23. The number of benzene rings is 1. The number of hydrogen-bond acceptors (Lipinski definition) is 3. The Morgan fingerprint density at radius 1 is 1.14 bits per heavy atom. The van der Waals surface area contributed by atoms with Crippen molar-refractivity contribution >= 4 is 15.8 Å². The minimum Gasteiger partial charge on any atom is -0.480 e. The summed E-state index contributed by atoms with van der Waals surface area (Å²) in [7, 11) is -3.25. The van der Waals surface area contributed by atoms with Crippen molar-refractivity contribution < 1.29 is 18.3 Å². The smallest absolute Gasteiger partial charge is 0.323 e. The van der Waals surface area contributed by atoms with E-state index in [1.54, 1.807) is 12.1 Å². The standard InChI is InChI=1S/C22H29NO4S/c1-15(2)14-28(26,27)18-10-8-17(9-11-18)12-20-16(3)23(13-22(24)25)21-7-5-4-6-19(20)21/h8-11,15H,4-7,12-14H2,1-3H3,(H,24,25).